The molecule has 2 unspecified atom stereocenters. The molecule has 2 atom stereocenters. The Bertz CT molecular complexity index is 297. The first-order valence-electron chi connectivity index (χ1n) is 8.42. The lowest BCUT2D eigenvalue weighted by atomic mass is 9.92. The number of carbonyl (C=O) groups is 1. The molecule has 23 heavy (non-hydrogen) atoms. The molecule has 1 fully saturated rings. The third kappa shape index (κ3) is 9.72. The van der Waals surface area contributed by atoms with Gasteiger partial charge in [0, 0.05) is 38.1 Å². The zero-order chi connectivity index (χ0) is 15.7. The molecular formula is C16H35Cl2N3O2. The number of amides is 1. The Hall–Kier alpha value is -0.0700. The van der Waals surface area contributed by atoms with Crippen molar-refractivity contribution >= 4 is 30.7 Å². The van der Waals surface area contributed by atoms with E-state index in [1.54, 1.807) is 0 Å². The van der Waals surface area contributed by atoms with Gasteiger partial charge in [-0.05, 0) is 19.3 Å². The minimum absolute atomic E-state index is 0. The number of ether oxygens (including phenoxy) is 1. The van der Waals surface area contributed by atoms with Crippen molar-refractivity contribution in [2.75, 3.05) is 32.8 Å². The van der Waals surface area contributed by atoms with Crippen molar-refractivity contribution in [3.8, 4) is 0 Å². The van der Waals surface area contributed by atoms with Gasteiger partial charge in [-0.25, -0.2) is 0 Å². The number of rotatable bonds is 9. The maximum absolute atomic E-state index is 11.9. The molecule has 0 spiro atoms. The van der Waals surface area contributed by atoms with Crippen LogP contribution in [0.4, 0.5) is 0 Å². The quantitative estimate of drug-likeness (QED) is 0.651. The van der Waals surface area contributed by atoms with Crippen molar-refractivity contribution in [3.63, 3.8) is 0 Å². The average molecular weight is 372 g/mol. The number of hydrogen-bond acceptors (Lipinski definition) is 4. The molecule has 1 rings (SSSR count). The summed E-state index contributed by atoms with van der Waals surface area (Å²) in [7, 11) is 0. The second-order valence-corrected chi connectivity index (χ2v) is 6.11. The molecule has 0 bridgehead atoms. The van der Waals surface area contributed by atoms with Crippen molar-refractivity contribution in [2.24, 2.45) is 11.7 Å². The largest absolute Gasteiger partial charge is 0.379 e. The molecule has 0 saturated carbocycles. The zero-order valence-corrected chi connectivity index (χ0v) is 16.4. The van der Waals surface area contributed by atoms with Crippen LogP contribution in [0.2, 0.25) is 0 Å². The van der Waals surface area contributed by atoms with Gasteiger partial charge in [-0.3, -0.25) is 9.69 Å². The van der Waals surface area contributed by atoms with Crippen LogP contribution >= 0.6 is 24.8 Å². The van der Waals surface area contributed by atoms with Crippen LogP contribution in [0.1, 0.15) is 46.5 Å². The summed E-state index contributed by atoms with van der Waals surface area (Å²) < 4.78 is 5.44. The van der Waals surface area contributed by atoms with E-state index in [1.165, 1.54) is 0 Å². The number of halogens is 2. The summed E-state index contributed by atoms with van der Waals surface area (Å²) >= 11 is 0. The van der Waals surface area contributed by atoms with E-state index in [0.29, 0.717) is 18.4 Å². The van der Waals surface area contributed by atoms with Crippen LogP contribution in [-0.4, -0.2) is 55.7 Å². The van der Waals surface area contributed by atoms with Crippen LogP contribution in [0.3, 0.4) is 0 Å². The van der Waals surface area contributed by atoms with Gasteiger partial charge in [0.1, 0.15) is 0 Å². The van der Waals surface area contributed by atoms with E-state index in [-0.39, 0.29) is 36.8 Å². The minimum Gasteiger partial charge on any atom is -0.379 e. The number of carbonyl (C=O) groups excluding carboxylic acids is 1. The lowest BCUT2D eigenvalue weighted by Crippen LogP contribution is -2.52. The van der Waals surface area contributed by atoms with Crippen molar-refractivity contribution in [1.29, 1.82) is 0 Å². The molecule has 1 saturated heterocycles. The SMILES string of the molecule is CCC(CC)C(CNC(=O)CCC(C)N)N1CCOCC1.Cl.Cl. The molecule has 5 nitrogen and oxygen atoms in total. The second kappa shape index (κ2) is 14.3. The molecule has 3 N–H and O–H groups in total. The molecule has 0 aromatic carbocycles. The maximum Gasteiger partial charge on any atom is 0.220 e. The molecule has 1 heterocycles. The summed E-state index contributed by atoms with van der Waals surface area (Å²) in [6.45, 7) is 10.7. The molecule has 1 amide bonds. The minimum atomic E-state index is 0. The first-order chi connectivity index (χ1) is 10.1. The Morgan fingerprint density at radius 2 is 1.78 bits per heavy atom. The molecule has 0 aliphatic carbocycles. The van der Waals surface area contributed by atoms with Crippen LogP contribution < -0.4 is 11.1 Å². The van der Waals surface area contributed by atoms with Crippen LogP contribution in [0.15, 0.2) is 0 Å². The van der Waals surface area contributed by atoms with E-state index in [1.807, 2.05) is 6.92 Å². The highest BCUT2D eigenvalue weighted by Crippen LogP contribution is 2.19. The molecular weight excluding hydrogens is 337 g/mol. The van der Waals surface area contributed by atoms with Crippen molar-refractivity contribution in [2.45, 2.75) is 58.5 Å². The summed E-state index contributed by atoms with van der Waals surface area (Å²) in [5.74, 6) is 0.744. The molecule has 0 aromatic heterocycles. The number of nitrogens with zero attached hydrogens (tertiary/aromatic N) is 1. The predicted octanol–water partition coefficient (Wildman–Crippen LogP) is 2.21. The van der Waals surface area contributed by atoms with E-state index < -0.39 is 0 Å². The predicted molar refractivity (Wildman–Crippen MR) is 101 cm³/mol. The molecule has 7 heteroatoms. The molecule has 0 radical (unpaired) electrons. The smallest absolute Gasteiger partial charge is 0.220 e. The van der Waals surface area contributed by atoms with E-state index in [9.17, 15) is 4.79 Å². The van der Waals surface area contributed by atoms with Crippen molar-refractivity contribution in [1.82, 2.24) is 10.2 Å². The van der Waals surface area contributed by atoms with Crippen LogP contribution in [-0.2, 0) is 9.53 Å². The van der Waals surface area contributed by atoms with E-state index >= 15 is 0 Å². The fourth-order valence-corrected chi connectivity index (χ4v) is 3.00. The monoisotopic (exact) mass is 371 g/mol. The number of nitrogens with one attached hydrogen (secondary N) is 1. The Morgan fingerprint density at radius 3 is 2.26 bits per heavy atom. The molecule has 1 aliphatic rings. The summed E-state index contributed by atoms with van der Waals surface area (Å²) in [5, 5.41) is 3.11. The number of nitrogens with two attached hydrogens (primary N) is 1. The fraction of sp³-hybridized carbons (Fsp3) is 0.938. The van der Waals surface area contributed by atoms with Crippen molar-refractivity contribution in [3.05, 3.63) is 0 Å². The highest BCUT2D eigenvalue weighted by atomic mass is 35.5. The van der Waals surface area contributed by atoms with E-state index in [4.69, 9.17) is 10.5 Å². The maximum atomic E-state index is 11.9. The van der Waals surface area contributed by atoms with Gasteiger partial charge >= 0.3 is 0 Å². The third-order valence-electron chi connectivity index (χ3n) is 4.44. The average Bonchev–Trinajstić information content (AvgIpc) is 2.50. The Labute approximate surface area is 153 Å². The Balaban J connectivity index is 0. The van der Waals surface area contributed by atoms with Gasteiger partial charge in [0.05, 0.1) is 13.2 Å². The van der Waals surface area contributed by atoms with Gasteiger partial charge in [0.15, 0.2) is 0 Å². The van der Waals surface area contributed by atoms with Gasteiger partial charge < -0.3 is 15.8 Å². The topological polar surface area (TPSA) is 67.6 Å². The number of hydrogen-bond donors (Lipinski definition) is 2. The standard InChI is InChI=1S/C16H33N3O2.2ClH/c1-4-14(5-2)15(19-8-10-21-11-9-19)12-18-16(20)7-6-13(3)17;;/h13-15H,4-12,17H2,1-3H3,(H,18,20);2*1H. The molecule has 1 aliphatic heterocycles. The van der Waals surface area contributed by atoms with Crippen LogP contribution in [0.25, 0.3) is 0 Å². The van der Waals surface area contributed by atoms with Gasteiger partial charge in [-0.1, -0.05) is 26.7 Å². The third-order valence-corrected chi connectivity index (χ3v) is 4.44. The first kappa shape index (κ1) is 25.2. The molecule has 140 valence electrons. The second-order valence-electron chi connectivity index (χ2n) is 6.11. The summed E-state index contributed by atoms with van der Waals surface area (Å²) in [6.07, 6.45) is 3.57. The van der Waals surface area contributed by atoms with Gasteiger partial charge in [0.2, 0.25) is 5.91 Å². The Morgan fingerprint density at radius 1 is 1.22 bits per heavy atom. The fourth-order valence-electron chi connectivity index (χ4n) is 3.00. The normalized spacial score (nSPS) is 17.8. The van der Waals surface area contributed by atoms with Crippen LogP contribution in [0.5, 0.6) is 0 Å². The Kier molecular flexibility index (Phi) is 15.6. The lowest BCUT2D eigenvalue weighted by molar-refractivity contribution is -0.121. The highest BCUT2D eigenvalue weighted by Gasteiger charge is 2.27. The van der Waals surface area contributed by atoms with Gasteiger partial charge in [-0.2, -0.15) is 0 Å². The van der Waals surface area contributed by atoms with Crippen LogP contribution in [0, 0.1) is 5.92 Å². The molecule has 0 aromatic rings. The zero-order valence-electron chi connectivity index (χ0n) is 14.8. The van der Waals surface area contributed by atoms with Crippen molar-refractivity contribution < 1.29 is 9.53 Å². The lowest BCUT2D eigenvalue weighted by Gasteiger charge is -2.38. The van der Waals surface area contributed by atoms with E-state index in [0.717, 1.165) is 52.1 Å². The summed E-state index contributed by atoms with van der Waals surface area (Å²) in [4.78, 5) is 14.4. The number of morpholine rings is 1. The van der Waals surface area contributed by atoms with Gasteiger partial charge in [0.25, 0.3) is 0 Å². The first-order valence-corrected chi connectivity index (χ1v) is 8.42. The van der Waals surface area contributed by atoms with E-state index in [2.05, 4.69) is 24.1 Å². The highest BCUT2D eigenvalue weighted by molar-refractivity contribution is 5.85. The summed E-state index contributed by atoms with van der Waals surface area (Å²) in [5.41, 5.74) is 5.70. The summed E-state index contributed by atoms with van der Waals surface area (Å²) in [6, 6.07) is 0.507. The van der Waals surface area contributed by atoms with Gasteiger partial charge in [-0.15, -0.1) is 24.8 Å².